The number of fused-ring (bicyclic) bond motifs is 1. The summed E-state index contributed by atoms with van der Waals surface area (Å²) in [5.41, 5.74) is 8.25. The fraction of sp³-hybridized carbons (Fsp3) is 0.400. The highest BCUT2D eigenvalue weighted by Gasteiger charge is 2.38. The number of carbonyl (C=O) groups excluding carboxylic acids is 6. The molecule has 1 aliphatic rings. The second-order valence-electron chi connectivity index (χ2n) is 15.8. The number of rotatable bonds is 14. The lowest BCUT2D eigenvalue weighted by atomic mass is 9.99. The molecule has 18 heteroatoms. The predicted octanol–water partition coefficient (Wildman–Crippen LogP) is 0.541. The molecule has 1 aliphatic heterocycles. The van der Waals surface area contributed by atoms with Gasteiger partial charge in [-0.3, -0.25) is 33.6 Å². The van der Waals surface area contributed by atoms with Crippen LogP contribution in [0.15, 0.2) is 85.1 Å². The Bertz CT molecular complexity index is 2230. The number of aliphatic carboxylic acids is 1. The van der Waals surface area contributed by atoms with E-state index in [1.165, 1.54) is 38.2 Å². The molecular formula is C45H56N8O10. The zero-order chi connectivity index (χ0) is 45.6. The highest BCUT2D eigenvalue weighted by molar-refractivity contribution is 5.99. The molecular weight excluding hydrogens is 813 g/mol. The minimum Gasteiger partial charge on any atom is -0.508 e. The molecule has 0 aliphatic carbocycles. The number of aromatic nitrogens is 1. The Labute approximate surface area is 364 Å². The van der Waals surface area contributed by atoms with E-state index >= 15 is 0 Å². The normalized spacial score (nSPS) is 22.5. The molecule has 0 spiro atoms. The number of aliphatic hydroxyl groups is 1. The maximum absolute atomic E-state index is 14.6. The number of H-pyrrole nitrogens is 1. The summed E-state index contributed by atoms with van der Waals surface area (Å²) in [6.07, 6.45) is -0.200. The highest BCUT2D eigenvalue weighted by atomic mass is 16.4. The number of nitrogens with two attached hydrogens (primary N) is 1. The van der Waals surface area contributed by atoms with Gasteiger partial charge in [0.25, 0.3) is 0 Å². The monoisotopic (exact) mass is 868 g/mol. The number of hydrogen-bond acceptors (Lipinski definition) is 10. The van der Waals surface area contributed by atoms with Gasteiger partial charge in [-0.05, 0) is 74.0 Å². The van der Waals surface area contributed by atoms with Crippen LogP contribution in [0.4, 0.5) is 0 Å². The van der Waals surface area contributed by atoms with Crippen molar-refractivity contribution in [3.05, 3.63) is 102 Å². The van der Waals surface area contributed by atoms with Crippen LogP contribution < -0.4 is 32.3 Å². The topological polar surface area (TPSA) is 285 Å². The van der Waals surface area contributed by atoms with Gasteiger partial charge in [0, 0.05) is 49.8 Å². The van der Waals surface area contributed by atoms with Gasteiger partial charge in [0.15, 0.2) is 0 Å². The maximum Gasteiger partial charge on any atom is 0.303 e. The van der Waals surface area contributed by atoms with Crippen molar-refractivity contribution in [2.24, 2.45) is 5.73 Å². The second-order valence-corrected chi connectivity index (χ2v) is 15.8. The van der Waals surface area contributed by atoms with Gasteiger partial charge < -0.3 is 57.5 Å². The van der Waals surface area contributed by atoms with Crippen LogP contribution in [0, 0.1) is 0 Å². The average molecular weight is 869 g/mol. The third-order valence-corrected chi connectivity index (χ3v) is 11.0. The van der Waals surface area contributed by atoms with Gasteiger partial charge in [-0.15, -0.1) is 0 Å². The molecule has 0 unspecified atom stereocenters. The average Bonchev–Trinajstić information content (AvgIpc) is 3.67. The molecule has 63 heavy (non-hydrogen) atoms. The van der Waals surface area contributed by atoms with E-state index in [-0.39, 0.29) is 38.0 Å². The summed E-state index contributed by atoms with van der Waals surface area (Å²) in [6.45, 7) is 1.56. The SMILES string of the molecule is C[C@@H](O)[C@@H]1NC(=O)[C@H](CCCCN)NC(=O)[C@@H](Cc2c[nH]c3ccccc23)NC(=O)[C@H](Cc2ccc(O)cc2)NC(=O)[C@H](CCC(=O)O)N(C)C(=O)[C@H](Cc2ccccc2)NC1=O. The van der Waals surface area contributed by atoms with Gasteiger partial charge >= 0.3 is 5.97 Å². The number of nitrogens with one attached hydrogen (secondary N) is 6. The van der Waals surface area contributed by atoms with Crippen molar-refractivity contribution in [1.82, 2.24) is 36.5 Å². The molecule has 0 bridgehead atoms. The molecule has 3 aromatic carbocycles. The summed E-state index contributed by atoms with van der Waals surface area (Å²) < 4.78 is 0. The lowest BCUT2D eigenvalue weighted by Gasteiger charge is -2.33. The summed E-state index contributed by atoms with van der Waals surface area (Å²) in [5.74, 6) is -6.39. The summed E-state index contributed by atoms with van der Waals surface area (Å²) >= 11 is 0. The maximum atomic E-state index is 14.6. The van der Waals surface area contributed by atoms with Crippen LogP contribution in [0.25, 0.3) is 10.9 Å². The number of aromatic amines is 1. The van der Waals surface area contributed by atoms with Crippen molar-refractivity contribution in [2.75, 3.05) is 13.6 Å². The second kappa shape index (κ2) is 22.3. The minimum absolute atomic E-state index is 0.0525. The van der Waals surface area contributed by atoms with E-state index in [0.29, 0.717) is 29.5 Å². The summed E-state index contributed by atoms with van der Waals surface area (Å²) in [6, 6.07) is 13.2. The van der Waals surface area contributed by atoms with Gasteiger partial charge in [0.2, 0.25) is 35.4 Å². The van der Waals surface area contributed by atoms with Gasteiger partial charge in [0.05, 0.1) is 6.10 Å². The number of benzene rings is 3. The first-order valence-electron chi connectivity index (χ1n) is 20.9. The lowest BCUT2D eigenvalue weighted by Crippen LogP contribution is -2.63. The zero-order valence-corrected chi connectivity index (χ0v) is 35.2. The van der Waals surface area contributed by atoms with Gasteiger partial charge in [-0.25, -0.2) is 0 Å². The molecule has 6 amide bonds. The largest absolute Gasteiger partial charge is 0.508 e. The molecule has 0 saturated carbocycles. The van der Waals surface area contributed by atoms with Crippen LogP contribution >= 0.6 is 0 Å². The number of carbonyl (C=O) groups is 7. The number of phenols is 1. The lowest BCUT2D eigenvalue weighted by molar-refractivity contribution is -0.145. The molecule has 5 rings (SSSR count). The van der Waals surface area contributed by atoms with Gasteiger partial charge in [-0.2, -0.15) is 0 Å². The standard InChI is InChI=1S/C45H56N8O10/c1-26(54)39-44(62)51-36(23-27-10-4-3-5-11-27)45(63)53(2)37(19-20-38(56)57)43(61)50-34(22-28-15-17-30(55)18-16-28)41(59)49-35(24-29-25-47-32-13-7-6-12-31(29)32)42(60)48-33(40(58)52-39)14-8-9-21-46/h3-7,10-13,15-18,25-26,33-37,39,47,54-55H,8-9,14,19-24,46H2,1-2H3,(H,48,60)(H,49,59)(H,50,61)(H,51,62)(H,52,58)(H,56,57)/t26-,33+,34+,35-,36+,37+,39+/m1/s1. The number of aliphatic hydroxyl groups excluding tert-OH is 1. The van der Waals surface area contributed by atoms with Crippen LogP contribution in [0.5, 0.6) is 5.75 Å². The van der Waals surface area contributed by atoms with Crippen molar-refractivity contribution in [3.63, 3.8) is 0 Å². The summed E-state index contributed by atoms with van der Waals surface area (Å²) in [4.78, 5) is 102. The molecule has 1 fully saturated rings. The number of para-hydroxylation sites is 1. The Morgan fingerprint density at radius 1 is 0.683 bits per heavy atom. The Morgan fingerprint density at radius 3 is 1.92 bits per heavy atom. The first-order valence-corrected chi connectivity index (χ1v) is 20.9. The number of aromatic hydroxyl groups is 1. The Kier molecular flexibility index (Phi) is 16.8. The Hall–Kier alpha value is -6.79. The summed E-state index contributed by atoms with van der Waals surface area (Å²) in [7, 11) is 1.27. The molecule has 336 valence electrons. The van der Waals surface area contributed by atoms with E-state index < -0.39 is 96.6 Å². The Morgan fingerprint density at radius 2 is 1.25 bits per heavy atom. The third kappa shape index (κ3) is 13.1. The van der Waals surface area contributed by atoms with E-state index in [1.54, 1.807) is 36.5 Å². The van der Waals surface area contributed by atoms with Crippen molar-refractivity contribution >= 4 is 52.3 Å². The first kappa shape index (κ1) is 47.3. The molecule has 0 radical (unpaired) electrons. The molecule has 4 aromatic rings. The van der Waals surface area contributed by atoms with Crippen LogP contribution in [0.1, 0.15) is 55.7 Å². The number of phenolic OH excluding ortho intramolecular Hbond substituents is 1. The smallest absolute Gasteiger partial charge is 0.303 e. The first-order chi connectivity index (χ1) is 30.1. The van der Waals surface area contributed by atoms with Gasteiger partial charge in [0.1, 0.15) is 42.0 Å². The number of unbranched alkanes of at least 4 members (excludes halogenated alkanes) is 1. The van der Waals surface area contributed by atoms with Gasteiger partial charge in [-0.1, -0.05) is 60.7 Å². The number of carboxylic acid groups (broad SMARTS) is 1. The van der Waals surface area contributed by atoms with E-state index in [0.717, 1.165) is 15.8 Å². The molecule has 1 saturated heterocycles. The van der Waals surface area contributed by atoms with Crippen molar-refractivity contribution in [3.8, 4) is 5.75 Å². The van der Waals surface area contributed by atoms with Crippen molar-refractivity contribution in [2.45, 2.75) is 101 Å². The van der Waals surface area contributed by atoms with Crippen LogP contribution in [0.3, 0.4) is 0 Å². The highest BCUT2D eigenvalue weighted by Crippen LogP contribution is 2.21. The molecule has 11 N–H and O–H groups in total. The van der Waals surface area contributed by atoms with E-state index in [9.17, 15) is 48.9 Å². The van der Waals surface area contributed by atoms with E-state index in [2.05, 4.69) is 31.6 Å². The number of likely N-dealkylation sites (N-methyl/N-ethyl adjacent to an activating group) is 1. The van der Waals surface area contributed by atoms with E-state index in [4.69, 9.17) is 5.73 Å². The van der Waals surface area contributed by atoms with Crippen LogP contribution in [-0.2, 0) is 52.8 Å². The third-order valence-electron chi connectivity index (χ3n) is 11.0. The molecule has 1 aromatic heterocycles. The van der Waals surface area contributed by atoms with Crippen LogP contribution in [0.2, 0.25) is 0 Å². The number of hydrogen-bond donors (Lipinski definition) is 10. The molecule has 18 nitrogen and oxygen atoms in total. The fourth-order valence-corrected chi connectivity index (χ4v) is 7.51. The number of carboxylic acids is 1. The zero-order valence-electron chi connectivity index (χ0n) is 35.2. The number of nitrogens with zero attached hydrogens (tertiary/aromatic N) is 1. The predicted molar refractivity (Wildman–Crippen MR) is 232 cm³/mol. The van der Waals surface area contributed by atoms with Crippen molar-refractivity contribution < 1.29 is 48.9 Å². The summed E-state index contributed by atoms with van der Waals surface area (Å²) in [5, 5.41) is 44.7. The molecule has 7 atom stereocenters. The van der Waals surface area contributed by atoms with Crippen molar-refractivity contribution in [1.29, 1.82) is 0 Å². The molecule has 2 heterocycles. The quantitative estimate of drug-likeness (QED) is 0.0781. The Balaban J connectivity index is 1.62. The fourth-order valence-electron chi connectivity index (χ4n) is 7.51. The minimum atomic E-state index is -1.63. The van der Waals surface area contributed by atoms with E-state index in [1.807, 2.05) is 24.3 Å². The van der Waals surface area contributed by atoms with Crippen LogP contribution in [-0.4, -0.2) is 123 Å². The number of amides is 6.